The van der Waals surface area contributed by atoms with Crippen LogP contribution in [0.4, 0.5) is 0 Å². The van der Waals surface area contributed by atoms with Crippen molar-refractivity contribution in [2.24, 2.45) is 0 Å². The van der Waals surface area contributed by atoms with E-state index in [1.54, 1.807) is 30.9 Å². The lowest BCUT2D eigenvalue weighted by molar-refractivity contribution is 0.0939. The third kappa shape index (κ3) is 3.28. The molecule has 4 rings (SSSR count). The lowest BCUT2D eigenvalue weighted by Gasteiger charge is -2.17. The van der Waals surface area contributed by atoms with E-state index in [1.807, 2.05) is 65.4 Å². The molecule has 2 aromatic carbocycles. The molecule has 0 spiro atoms. The molecule has 1 amide bonds. The van der Waals surface area contributed by atoms with Crippen LogP contribution in [0.3, 0.4) is 0 Å². The summed E-state index contributed by atoms with van der Waals surface area (Å²) in [6.07, 6.45) is 6.90. The first kappa shape index (κ1) is 15.9. The molecule has 4 aromatic rings. The van der Waals surface area contributed by atoms with Gasteiger partial charge in [-0.15, -0.1) is 0 Å². The molecule has 1 unspecified atom stereocenters. The largest absolute Gasteiger partial charge is 0.467 e. The van der Waals surface area contributed by atoms with Gasteiger partial charge in [0, 0.05) is 23.6 Å². The van der Waals surface area contributed by atoms with E-state index >= 15 is 0 Å². The zero-order valence-corrected chi connectivity index (χ0v) is 13.9. The summed E-state index contributed by atoms with van der Waals surface area (Å²) in [4.78, 5) is 16.8. The highest BCUT2D eigenvalue weighted by Crippen LogP contribution is 2.23. The second-order valence-corrected chi connectivity index (χ2v) is 5.85. The molecule has 2 heterocycles. The summed E-state index contributed by atoms with van der Waals surface area (Å²) in [5.74, 6) is 0.534. The van der Waals surface area contributed by atoms with Crippen molar-refractivity contribution < 1.29 is 9.21 Å². The number of carbonyl (C=O) groups is 1. The summed E-state index contributed by atoms with van der Waals surface area (Å²) in [7, 11) is 0. The fourth-order valence-corrected chi connectivity index (χ4v) is 2.83. The van der Waals surface area contributed by atoms with Gasteiger partial charge in [0.15, 0.2) is 0 Å². The normalized spacial score (nSPS) is 11.8. The van der Waals surface area contributed by atoms with E-state index in [4.69, 9.17) is 4.42 Å². The molecule has 2 aromatic heterocycles. The standard InChI is InChI=1S/C21H17N3O2/c25-21(17-8-10-18(11-9-17)24-13-12-22-15-24)23-20(19-7-4-14-26-19)16-5-2-1-3-6-16/h1-15,20H,(H,23,25). The van der Waals surface area contributed by atoms with Crippen LogP contribution in [0.5, 0.6) is 0 Å². The van der Waals surface area contributed by atoms with E-state index in [0.717, 1.165) is 11.3 Å². The molecule has 0 aliphatic carbocycles. The second kappa shape index (κ2) is 7.11. The SMILES string of the molecule is O=C(NC(c1ccccc1)c1ccco1)c1ccc(-n2ccnc2)cc1. The van der Waals surface area contributed by atoms with E-state index in [1.165, 1.54) is 0 Å². The summed E-state index contributed by atoms with van der Waals surface area (Å²) < 4.78 is 7.42. The zero-order chi connectivity index (χ0) is 17.8. The monoisotopic (exact) mass is 343 g/mol. The van der Waals surface area contributed by atoms with Gasteiger partial charge in [0.25, 0.3) is 5.91 Å². The lowest BCUT2D eigenvalue weighted by atomic mass is 10.0. The molecular weight excluding hydrogens is 326 g/mol. The number of imidazole rings is 1. The Bertz CT molecular complexity index is 960. The smallest absolute Gasteiger partial charge is 0.252 e. The summed E-state index contributed by atoms with van der Waals surface area (Å²) in [6.45, 7) is 0. The molecule has 0 aliphatic rings. The van der Waals surface area contributed by atoms with Crippen molar-refractivity contribution in [3.05, 3.63) is 109 Å². The van der Waals surface area contributed by atoms with Gasteiger partial charge in [0.2, 0.25) is 0 Å². The highest BCUT2D eigenvalue weighted by Gasteiger charge is 2.20. The van der Waals surface area contributed by atoms with Crippen LogP contribution < -0.4 is 5.32 Å². The molecule has 1 atom stereocenters. The molecule has 128 valence electrons. The molecule has 1 N–H and O–H groups in total. The highest BCUT2D eigenvalue weighted by atomic mass is 16.3. The zero-order valence-electron chi connectivity index (χ0n) is 13.9. The van der Waals surface area contributed by atoms with E-state index < -0.39 is 0 Å². The van der Waals surface area contributed by atoms with Crippen LogP contribution in [0, 0.1) is 0 Å². The van der Waals surface area contributed by atoms with Gasteiger partial charge in [-0.1, -0.05) is 30.3 Å². The molecule has 0 aliphatic heterocycles. The Hall–Kier alpha value is -3.60. The van der Waals surface area contributed by atoms with Crippen LogP contribution >= 0.6 is 0 Å². The Balaban J connectivity index is 1.57. The number of amides is 1. The molecule has 5 nitrogen and oxygen atoms in total. The summed E-state index contributed by atoms with van der Waals surface area (Å²) >= 11 is 0. The molecule has 0 saturated carbocycles. The maximum absolute atomic E-state index is 12.7. The summed E-state index contributed by atoms with van der Waals surface area (Å²) in [5.41, 5.74) is 2.50. The van der Waals surface area contributed by atoms with Crippen molar-refractivity contribution in [3.63, 3.8) is 0 Å². The van der Waals surface area contributed by atoms with Crippen LogP contribution in [0.2, 0.25) is 0 Å². The van der Waals surface area contributed by atoms with Gasteiger partial charge in [-0.05, 0) is 42.0 Å². The maximum atomic E-state index is 12.7. The number of rotatable bonds is 5. The molecule has 0 radical (unpaired) electrons. The van der Waals surface area contributed by atoms with Crippen molar-refractivity contribution in [3.8, 4) is 5.69 Å². The van der Waals surface area contributed by atoms with Crippen molar-refractivity contribution in [2.75, 3.05) is 0 Å². The number of furan rings is 1. The number of carbonyl (C=O) groups excluding carboxylic acids is 1. The summed E-state index contributed by atoms with van der Waals surface area (Å²) in [5, 5.41) is 3.05. The van der Waals surface area contributed by atoms with E-state index in [2.05, 4.69) is 10.3 Å². The van der Waals surface area contributed by atoms with E-state index in [-0.39, 0.29) is 11.9 Å². The molecular formula is C21H17N3O2. The number of nitrogens with zero attached hydrogens (tertiary/aromatic N) is 2. The third-order valence-electron chi connectivity index (χ3n) is 4.17. The number of hydrogen-bond donors (Lipinski definition) is 1. The number of benzene rings is 2. The average molecular weight is 343 g/mol. The Morgan fingerprint density at radius 2 is 1.81 bits per heavy atom. The van der Waals surface area contributed by atoms with Gasteiger partial charge in [0.1, 0.15) is 11.8 Å². The highest BCUT2D eigenvalue weighted by molar-refractivity contribution is 5.94. The fourth-order valence-electron chi connectivity index (χ4n) is 2.83. The minimum absolute atomic E-state index is 0.160. The van der Waals surface area contributed by atoms with E-state index in [9.17, 15) is 4.79 Å². The predicted molar refractivity (Wildman–Crippen MR) is 98.0 cm³/mol. The van der Waals surface area contributed by atoms with Gasteiger partial charge in [-0.25, -0.2) is 4.98 Å². The molecule has 0 saturated heterocycles. The third-order valence-corrected chi connectivity index (χ3v) is 4.17. The second-order valence-electron chi connectivity index (χ2n) is 5.85. The lowest BCUT2D eigenvalue weighted by Crippen LogP contribution is -2.29. The molecule has 0 fully saturated rings. The fraction of sp³-hybridized carbons (Fsp3) is 0.0476. The van der Waals surface area contributed by atoms with Gasteiger partial charge in [0.05, 0.1) is 12.6 Å². The molecule has 0 bridgehead atoms. The van der Waals surface area contributed by atoms with Crippen LogP contribution in [-0.2, 0) is 0 Å². The minimum Gasteiger partial charge on any atom is -0.467 e. The van der Waals surface area contributed by atoms with E-state index in [0.29, 0.717) is 11.3 Å². The number of aromatic nitrogens is 2. The van der Waals surface area contributed by atoms with Crippen molar-refractivity contribution in [1.82, 2.24) is 14.9 Å². The van der Waals surface area contributed by atoms with Gasteiger partial charge >= 0.3 is 0 Å². The Morgan fingerprint density at radius 1 is 1.00 bits per heavy atom. The predicted octanol–water partition coefficient (Wildman–Crippen LogP) is 3.98. The first-order chi connectivity index (χ1) is 12.8. The average Bonchev–Trinajstić information content (AvgIpc) is 3.41. The van der Waals surface area contributed by atoms with Crippen LogP contribution in [0.1, 0.15) is 27.7 Å². The van der Waals surface area contributed by atoms with Gasteiger partial charge in [-0.2, -0.15) is 0 Å². The van der Waals surface area contributed by atoms with Crippen molar-refractivity contribution >= 4 is 5.91 Å². The first-order valence-corrected chi connectivity index (χ1v) is 8.29. The number of nitrogens with one attached hydrogen (secondary N) is 1. The first-order valence-electron chi connectivity index (χ1n) is 8.29. The van der Waals surface area contributed by atoms with Crippen molar-refractivity contribution in [2.45, 2.75) is 6.04 Å². The van der Waals surface area contributed by atoms with Gasteiger partial charge < -0.3 is 14.3 Å². The van der Waals surface area contributed by atoms with Crippen molar-refractivity contribution in [1.29, 1.82) is 0 Å². The minimum atomic E-state index is -0.341. The van der Waals surface area contributed by atoms with Crippen LogP contribution in [-0.4, -0.2) is 15.5 Å². The number of hydrogen-bond acceptors (Lipinski definition) is 3. The Kier molecular flexibility index (Phi) is 4.35. The van der Waals surface area contributed by atoms with Crippen LogP contribution in [0.25, 0.3) is 5.69 Å². The van der Waals surface area contributed by atoms with Crippen LogP contribution in [0.15, 0.2) is 96.1 Å². The van der Waals surface area contributed by atoms with Gasteiger partial charge in [-0.3, -0.25) is 4.79 Å². The quantitative estimate of drug-likeness (QED) is 0.596. The molecule has 26 heavy (non-hydrogen) atoms. The Morgan fingerprint density at radius 3 is 2.46 bits per heavy atom. The Labute approximate surface area is 150 Å². The molecule has 5 heteroatoms. The summed E-state index contributed by atoms with van der Waals surface area (Å²) in [6, 6.07) is 20.5. The maximum Gasteiger partial charge on any atom is 0.252 e. The topological polar surface area (TPSA) is 60.1 Å².